The van der Waals surface area contributed by atoms with Gasteiger partial charge in [0.05, 0.1) is 0 Å². The molecule has 1 aliphatic heterocycles. The molecule has 0 spiro atoms. The fraction of sp³-hybridized carbons (Fsp3) is 0.588. The summed E-state index contributed by atoms with van der Waals surface area (Å²) in [5.74, 6) is 1.05. The predicted molar refractivity (Wildman–Crippen MR) is 90.9 cm³/mol. The molecule has 0 aliphatic carbocycles. The summed E-state index contributed by atoms with van der Waals surface area (Å²) in [6, 6.07) is 6.32. The van der Waals surface area contributed by atoms with Crippen molar-refractivity contribution in [1.82, 2.24) is 4.90 Å². The maximum absolute atomic E-state index is 5.99. The number of nitrogens with zero attached hydrogens (tertiary/aromatic N) is 2. The summed E-state index contributed by atoms with van der Waals surface area (Å²) in [7, 11) is 0. The van der Waals surface area contributed by atoms with Crippen molar-refractivity contribution < 1.29 is 0 Å². The number of nitrogens with two attached hydrogens (primary N) is 1. The van der Waals surface area contributed by atoms with Crippen molar-refractivity contribution in [2.24, 2.45) is 16.6 Å². The van der Waals surface area contributed by atoms with Gasteiger partial charge in [-0.3, -0.25) is 4.99 Å². The van der Waals surface area contributed by atoms with Crippen LogP contribution in [0.4, 0.5) is 5.69 Å². The molecule has 116 valence electrons. The first-order valence-electron chi connectivity index (χ1n) is 7.90. The first-order chi connectivity index (χ1) is 10.0. The topological polar surface area (TPSA) is 53.6 Å². The van der Waals surface area contributed by atoms with E-state index in [1.54, 1.807) is 0 Å². The molecular formula is C17H28N4. The summed E-state index contributed by atoms with van der Waals surface area (Å²) in [6.07, 6.45) is 2.68. The minimum absolute atomic E-state index is 0.508. The van der Waals surface area contributed by atoms with Crippen LogP contribution in [0.25, 0.3) is 0 Å². The summed E-state index contributed by atoms with van der Waals surface area (Å²) < 4.78 is 0. The Bertz CT molecular complexity index is 469. The second-order valence-corrected chi connectivity index (χ2v) is 6.34. The van der Waals surface area contributed by atoms with Gasteiger partial charge in [-0.05, 0) is 69.0 Å². The zero-order valence-electron chi connectivity index (χ0n) is 13.5. The molecule has 1 atom stereocenters. The number of rotatable bonds is 5. The molecular weight excluding hydrogens is 260 g/mol. The molecule has 4 heteroatoms. The van der Waals surface area contributed by atoms with E-state index in [9.17, 15) is 0 Å². The molecule has 1 aromatic carbocycles. The van der Waals surface area contributed by atoms with Crippen molar-refractivity contribution in [3.05, 3.63) is 29.3 Å². The largest absolute Gasteiger partial charge is 0.370 e. The lowest BCUT2D eigenvalue weighted by Crippen LogP contribution is -2.28. The lowest BCUT2D eigenvalue weighted by Gasteiger charge is -2.19. The van der Waals surface area contributed by atoms with Crippen molar-refractivity contribution in [3.63, 3.8) is 0 Å². The van der Waals surface area contributed by atoms with Crippen molar-refractivity contribution in [2.45, 2.75) is 33.6 Å². The Balaban J connectivity index is 1.82. The van der Waals surface area contributed by atoms with Crippen LogP contribution in [0.3, 0.4) is 0 Å². The molecule has 1 unspecified atom stereocenters. The second kappa shape index (κ2) is 7.46. The fourth-order valence-electron chi connectivity index (χ4n) is 2.95. The van der Waals surface area contributed by atoms with Gasteiger partial charge in [-0.1, -0.05) is 13.0 Å². The summed E-state index contributed by atoms with van der Waals surface area (Å²) >= 11 is 0. The fourth-order valence-corrected chi connectivity index (χ4v) is 2.95. The molecule has 4 nitrogen and oxygen atoms in total. The number of aliphatic imine (C=N–C) groups is 1. The molecule has 0 radical (unpaired) electrons. The highest BCUT2D eigenvalue weighted by atomic mass is 15.1. The molecule has 1 heterocycles. The van der Waals surface area contributed by atoms with Crippen LogP contribution in [0, 0.1) is 19.8 Å². The van der Waals surface area contributed by atoms with E-state index in [0.29, 0.717) is 11.9 Å². The van der Waals surface area contributed by atoms with Crippen LogP contribution in [0.2, 0.25) is 0 Å². The zero-order chi connectivity index (χ0) is 15.2. The van der Waals surface area contributed by atoms with E-state index in [4.69, 9.17) is 5.73 Å². The van der Waals surface area contributed by atoms with E-state index in [1.807, 2.05) is 0 Å². The SMILES string of the molecule is Cc1cc(C)cc(NC(N)=NCC(C)CN2CCCC2)c1. The number of likely N-dealkylation sites (tertiary alicyclic amines) is 1. The van der Waals surface area contributed by atoms with Crippen LogP contribution < -0.4 is 11.1 Å². The third-order valence-electron chi connectivity index (χ3n) is 3.84. The molecule has 0 bridgehead atoms. The molecule has 1 aliphatic rings. The molecule has 1 aromatic rings. The summed E-state index contributed by atoms with van der Waals surface area (Å²) in [6.45, 7) is 10.8. The molecule has 0 saturated carbocycles. The quantitative estimate of drug-likeness (QED) is 0.647. The molecule has 0 aromatic heterocycles. The van der Waals surface area contributed by atoms with E-state index in [2.05, 4.69) is 54.2 Å². The van der Waals surface area contributed by atoms with E-state index in [0.717, 1.165) is 18.8 Å². The maximum Gasteiger partial charge on any atom is 0.193 e. The van der Waals surface area contributed by atoms with Gasteiger partial charge in [0.2, 0.25) is 0 Å². The highest BCUT2D eigenvalue weighted by Crippen LogP contribution is 2.13. The van der Waals surface area contributed by atoms with Gasteiger partial charge in [-0.15, -0.1) is 0 Å². The monoisotopic (exact) mass is 288 g/mol. The Labute approximate surface area is 128 Å². The molecule has 1 saturated heterocycles. The van der Waals surface area contributed by atoms with Crippen molar-refractivity contribution in [2.75, 3.05) is 31.5 Å². The van der Waals surface area contributed by atoms with E-state index < -0.39 is 0 Å². The van der Waals surface area contributed by atoms with Crippen LogP contribution in [0.5, 0.6) is 0 Å². The smallest absolute Gasteiger partial charge is 0.193 e. The summed E-state index contributed by atoms with van der Waals surface area (Å²) in [5, 5.41) is 3.19. The van der Waals surface area contributed by atoms with Gasteiger partial charge < -0.3 is 16.0 Å². The Hall–Kier alpha value is -1.55. The van der Waals surface area contributed by atoms with Crippen LogP contribution in [-0.2, 0) is 0 Å². The van der Waals surface area contributed by atoms with Gasteiger partial charge in [0.15, 0.2) is 5.96 Å². The van der Waals surface area contributed by atoms with Crippen LogP contribution in [0.1, 0.15) is 30.9 Å². The van der Waals surface area contributed by atoms with Gasteiger partial charge in [0, 0.05) is 18.8 Å². The molecule has 21 heavy (non-hydrogen) atoms. The molecule has 1 fully saturated rings. The first-order valence-corrected chi connectivity index (χ1v) is 7.90. The Kier molecular flexibility index (Phi) is 5.62. The van der Waals surface area contributed by atoms with Crippen LogP contribution >= 0.6 is 0 Å². The van der Waals surface area contributed by atoms with Crippen LogP contribution in [-0.4, -0.2) is 37.0 Å². The predicted octanol–water partition coefficient (Wildman–Crippen LogP) is 2.76. The zero-order valence-corrected chi connectivity index (χ0v) is 13.5. The summed E-state index contributed by atoms with van der Waals surface area (Å²) in [5.41, 5.74) is 9.46. The molecule has 3 N–H and O–H groups in total. The second-order valence-electron chi connectivity index (χ2n) is 6.34. The number of nitrogens with one attached hydrogen (secondary N) is 1. The van der Waals surface area contributed by atoms with Gasteiger partial charge in [-0.25, -0.2) is 0 Å². The number of guanidine groups is 1. The number of hydrogen-bond acceptors (Lipinski definition) is 2. The average molecular weight is 288 g/mol. The summed E-state index contributed by atoms with van der Waals surface area (Å²) in [4.78, 5) is 7.00. The number of benzene rings is 1. The van der Waals surface area contributed by atoms with Crippen molar-refractivity contribution in [1.29, 1.82) is 0 Å². The number of anilines is 1. The third kappa shape index (κ3) is 5.38. The van der Waals surface area contributed by atoms with E-state index in [1.165, 1.54) is 37.1 Å². The Morgan fingerprint density at radius 3 is 2.48 bits per heavy atom. The molecule has 0 amide bonds. The Morgan fingerprint density at radius 2 is 1.86 bits per heavy atom. The standard InChI is InChI=1S/C17H28N4/c1-13-8-14(2)10-16(9-13)20-17(18)19-11-15(3)12-21-6-4-5-7-21/h8-10,15H,4-7,11-12H2,1-3H3,(H3,18,19,20). The first kappa shape index (κ1) is 15.8. The maximum atomic E-state index is 5.99. The highest BCUT2D eigenvalue weighted by molar-refractivity contribution is 5.92. The van der Waals surface area contributed by atoms with Gasteiger partial charge in [0.1, 0.15) is 0 Å². The van der Waals surface area contributed by atoms with E-state index in [-0.39, 0.29) is 0 Å². The van der Waals surface area contributed by atoms with Gasteiger partial charge >= 0.3 is 0 Å². The highest BCUT2D eigenvalue weighted by Gasteiger charge is 2.14. The average Bonchev–Trinajstić information content (AvgIpc) is 2.88. The normalized spacial score (nSPS) is 18.0. The van der Waals surface area contributed by atoms with Crippen molar-refractivity contribution in [3.8, 4) is 0 Å². The van der Waals surface area contributed by atoms with Crippen molar-refractivity contribution >= 4 is 11.6 Å². The minimum Gasteiger partial charge on any atom is -0.370 e. The number of hydrogen-bond donors (Lipinski definition) is 2. The molecule has 2 rings (SSSR count). The third-order valence-corrected chi connectivity index (χ3v) is 3.84. The lowest BCUT2D eigenvalue weighted by molar-refractivity contribution is 0.292. The van der Waals surface area contributed by atoms with Gasteiger partial charge in [0.25, 0.3) is 0 Å². The number of aryl methyl sites for hydroxylation is 2. The van der Waals surface area contributed by atoms with E-state index >= 15 is 0 Å². The lowest BCUT2D eigenvalue weighted by atomic mass is 10.1. The Morgan fingerprint density at radius 1 is 1.24 bits per heavy atom. The van der Waals surface area contributed by atoms with Gasteiger partial charge in [-0.2, -0.15) is 0 Å². The van der Waals surface area contributed by atoms with Crippen LogP contribution in [0.15, 0.2) is 23.2 Å². The minimum atomic E-state index is 0.508.